The lowest BCUT2D eigenvalue weighted by Gasteiger charge is -2.06. The molecule has 0 aliphatic carbocycles. The fraction of sp³-hybridized carbons (Fsp3) is 0.0952. The summed E-state index contributed by atoms with van der Waals surface area (Å²) in [4.78, 5) is 11.8. The molecule has 0 saturated heterocycles. The summed E-state index contributed by atoms with van der Waals surface area (Å²) in [7, 11) is 0. The summed E-state index contributed by atoms with van der Waals surface area (Å²) in [5.41, 5.74) is 2.63. The number of halogens is 1. The fourth-order valence-electron chi connectivity index (χ4n) is 1.25. The van der Waals surface area contributed by atoms with Crippen molar-refractivity contribution in [2.75, 3.05) is 0 Å². The zero-order valence-corrected chi connectivity index (χ0v) is 14.3. The highest BCUT2D eigenvalue weighted by Crippen LogP contribution is 2.16. The van der Waals surface area contributed by atoms with Gasteiger partial charge in [0.05, 0.1) is 5.57 Å². The van der Waals surface area contributed by atoms with Crippen LogP contribution < -0.4 is 0 Å². The van der Waals surface area contributed by atoms with Gasteiger partial charge in [-0.25, -0.2) is 9.18 Å². The van der Waals surface area contributed by atoms with Gasteiger partial charge in [-0.1, -0.05) is 68.8 Å². The van der Waals surface area contributed by atoms with Crippen molar-refractivity contribution >= 4 is 5.97 Å². The van der Waals surface area contributed by atoms with Crippen LogP contribution in [0.3, 0.4) is 0 Å². The highest BCUT2D eigenvalue weighted by molar-refractivity contribution is 5.91. The average Bonchev–Trinajstić information content (AvgIpc) is 2.48. The first kappa shape index (κ1) is 21.1. The maximum atomic E-state index is 13.6. The summed E-state index contributed by atoms with van der Waals surface area (Å²) < 4.78 is 18.4. The summed E-state index contributed by atoms with van der Waals surface area (Å²) in [5.74, 6) is -1.97. The van der Waals surface area contributed by atoms with E-state index in [1.54, 1.807) is 25.2 Å². The molecular weight excluding hydrogens is 303 g/mol. The molecule has 0 saturated carbocycles. The van der Waals surface area contributed by atoms with Crippen LogP contribution in [0.1, 0.15) is 13.8 Å². The molecule has 0 amide bonds. The van der Waals surface area contributed by atoms with Crippen LogP contribution in [0.4, 0.5) is 4.39 Å². The van der Waals surface area contributed by atoms with Crippen molar-refractivity contribution in [3.63, 3.8) is 0 Å². The predicted molar refractivity (Wildman–Crippen MR) is 99.8 cm³/mol. The van der Waals surface area contributed by atoms with Crippen molar-refractivity contribution in [2.24, 2.45) is 0 Å². The van der Waals surface area contributed by atoms with Crippen LogP contribution in [0.2, 0.25) is 0 Å². The van der Waals surface area contributed by atoms with E-state index < -0.39 is 17.6 Å². The van der Waals surface area contributed by atoms with Gasteiger partial charge in [0, 0.05) is 0 Å². The van der Waals surface area contributed by atoms with Crippen molar-refractivity contribution in [3.05, 3.63) is 109 Å². The summed E-state index contributed by atoms with van der Waals surface area (Å²) in [6, 6.07) is 0. The van der Waals surface area contributed by atoms with E-state index in [0.717, 1.165) is 11.6 Å². The zero-order valence-electron chi connectivity index (χ0n) is 14.3. The average molecular weight is 326 g/mol. The van der Waals surface area contributed by atoms with Gasteiger partial charge in [0.25, 0.3) is 0 Å². The first-order chi connectivity index (χ1) is 11.0. The lowest BCUT2D eigenvalue weighted by Crippen LogP contribution is -2.05. The Morgan fingerprint density at radius 2 is 1.25 bits per heavy atom. The molecule has 0 rings (SSSR count). The highest BCUT2D eigenvalue weighted by Gasteiger charge is 2.11. The first-order valence-electron chi connectivity index (χ1n) is 7.07. The Morgan fingerprint density at radius 1 is 0.792 bits per heavy atom. The van der Waals surface area contributed by atoms with Crippen molar-refractivity contribution in [2.45, 2.75) is 13.8 Å². The number of carbonyl (C=O) groups is 1. The topological polar surface area (TPSA) is 26.3 Å². The largest absolute Gasteiger partial charge is 0.420 e. The van der Waals surface area contributed by atoms with E-state index in [4.69, 9.17) is 4.74 Å². The van der Waals surface area contributed by atoms with Gasteiger partial charge in [-0.15, -0.1) is 0 Å². The standard InChI is InChI=1S/C21H23FO2/c1-14(2)9-10-16(5)17(6)11-12-18(7)21(23)24-19(8)20(22)13-15(3)4/h9-13H,1,3,5-8H2,2,4H3/b10-9-,12-11-,20-13+. The minimum absolute atomic E-state index is 0.0251. The van der Waals surface area contributed by atoms with Gasteiger partial charge in [0.15, 0.2) is 11.6 Å². The molecule has 0 aromatic heterocycles. The van der Waals surface area contributed by atoms with E-state index in [9.17, 15) is 9.18 Å². The molecule has 0 fully saturated rings. The molecule has 0 aromatic carbocycles. The van der Waals surface area contributed by atoms with Crippen molar-refractivity contribution in [1.82, 2.24) is 0 Å². The van der Waals surface area contributed by atoms with Crippen LogP contribution in [-0.4, -0.2) is 5.97 Å². The lowest BCUT2D eigenvalue weighted by atomic mass is 10.1. The maximum absolute atomic E-state index is 13.6. The van der Waals surface area contributed by atoms with Crippen LogP contribution in [0.25, 0.3) is 0 Å². The minimum Gasteiger partial charge on any atom is -0.420 e. The molecule has 2 nitrogen and oxygen atoms in total. The highest BCUT2D eigenvalue weighted by atomic mass is 19.1. The number of rotatable bonds is 9. The Labute approximate surface area is 143 Å². The molecule has 3 heteroatoms. The monoisotopic (exact) mass is 326 g/mol. The zero-order chi connectivity index (χ0) is 18.9. The third-order valence-electron chi connectivity index (χ3n) is 2.58. The van der Waals surface area contributed by atoms with E-state index in [0.29, 0.717) is 16.7 Å². The van der Waals surface area contributed by atoms with E-state index in [1.807, 2.05) is 6.92 Å². The van der Waals surface area contributed by atoms with Crippen LogP contribution >= 0.6 is 0 Å². The number of carbonyl (C=O) groups excluding carboxylic acids is 1. The molecule has 126 valence electrons. The Bertz CT molecular complexity index is 697. The molecule has 0 bridgehead atoms. The Kier molecular flexibility index (Phi) is 8.73. The summed E-state index contributed by atoms with van der Waals surface area (Å²) in [6.07, 6.45) is 7.66. The second-order valence-corrected chi connectivity index (χ2v) is 5.24. The number of ether oxygens (including phenoxy) is 1. The molecule has 0 unspecified atom stereocenters. The summed E-state index contributed by atoms with van der Waals surface area (Å²) in [5, 5.41) is 0. The van der Waals surface area contributed by atoms with Crippen LogP contribution in [0, 0.1) is 0 Å². The Balaban J connectivity index is 4.77. The van der Waals surface area contributed by atoms with E-state index in [1.165, 1.54) is 6.08 Å². The molecular formula is C21H23FO2. The molecule has 0 aromatic rings. The Hall–Kier alpha value is -2.94. The third kappa shape index (κ3) is 8.49. The van der Waals surface area contributed by atoms with Crippen LogP contribution in [-0.2, 0) is 9.53 Å². The molecule has 0 heterocycles. The maximum Gasteiger partial charge on any atom is 0.342 e. The number of hydrogen-bond acceptors (Lipinski definition) is 2. The molecule has 0 radical (unpaired) electrons. The first-order valence-corrected chi connectivity index (χ1v) is 7.07. The number of esters is 1. The quantitative estimate of drug-likeness (QED) is 0.231. The molecule has 24 heavy (non-hydrogen) atoms. The van der Waals surface area contributed by atoms with Crippen LogP contribution in [0.5, 0.6) is 0 Å². The second kappa shape index (κ2) is 9.95. The van der Waals surface area contributed by atoms with E-state index >= 15 is 0 Å². The van der Waals surface area contributed by atoms with Gasteiger partial charge in [-0.05, 0) is 37.1 Å². The molecule has 0 aliphatic rings. The fourth-order valence-corrected chi connectivity index (χ4v) is 1.25. The van der Waals surface area contributed by atoms with Gasteiger partial charge in [-0.2, -0.15) is 0 Å². The molecule has 0 spiro atoms. The van der Waals surface area contributed by atoms with Gasteiger partial charge in [0.2, 0.25) is 0 Å². The normalized spacial score (nSPS) is 11.4. The van der Waals surface area contributed by atoms with Gasteiger partial charge >= 0.3 is 5.97 Å². The SMILES string of the molecule is C=C(C)/C=C\C(=C)C(=C)/C=C\C(=C)C(=O)OC(=C)/C(F)=C\C(=C)C. The van der Waals surface area contributed by atoms with E-state index in [2.05, 4.69) is 39.5 Å². The second-order valence-electron chi connectivity index (χ2n) is 5.24. The minimum atomic E-state index is -0.808. The third-order valence-corrected chi connectivity index (χ3v) is 2.58. The van der Waals surface area contributed by atoms with E-state index in [-0.39, 0.29) is 5.57 Å². The molecule has 0 aliphatic heterocycles. The molecule has 0 N–H and O–H groups in total. The van der Waals surface area contributed by atoms with Gasteiger partial charge in [-0.3, -0.25) is 0 Å². The lowest BCUT2D eigenvalue weighted by molar-refractivity contribution is -0.134. The molecule has 0 atom stereocenters. The number of allylic oxidation sites excluding steroid dienone is 9. The summed E-state index contributed by atoms with van der Waals surface area (Å²) >= 11 is 0. The van der Waals surface area contributed by atoms with Gasteiger partial charge < -0.3 is 4.74 Å². The number of hydrogen-bond donors (Lipinski definition) is 0. The summed E-state index contributed by atoms with van der Waals surface area (Å²) in [6.45, 7) is 25.3. The van der Waals surface area contributed by atoms with Crippen molar-refractivity contribution < 1.29 is 13.9 Å². The van der Waals surface area contributed by atoms with Crippen molar-refractivity contribution in [1.29, 1.82) is 0 Å². The Morgan fingerprint density at radius 3 is 1.71 bits per heavy atom. The van der Waals surface area contributed by atoms with Crippen LogP contribution in [0.15, 0.2) is 109 Å². The van der Waals surface area contributed by atoms with Gasteiger partial charge in [0.1, 0.15) is 0 Å². The van der Waals surface area contributed by atoms with Crippen molar-refractivity contribution in [3.8, 4) is 0 Å². The smallest absolute Gasteiger partial charge is 0.342 e. The predicted octanol–water partition coefficient (Wildman–Crippen LogP) is 5.83.